The summed E-state index contributed by atoms with van der Waals surface area (Å²) >= 11 is 0. The summed E-state index contributed by atoms with van der Waals surface area (Å²) in [6.45, 7) is 0. The standard InChI is InChI=1S/C61H35N5O3/c1-3-8-38-26-42-28-44(13-11-40(42)24-36(38)6-1)65(47-15-19-50-53-10-5-22-63-61(53)69-57(50)31-47)46-16-20-51-54-34-64-60(33-58(54)67-56(51)30-46)66(48-17-18-49-52-21-23-62-35-59(52)68-55(49)32-48)45-14-12-41-25-37-7-2-4-9-39(37)27-43(41)29-45/h1-35H. The van der Waals surface area contributed by atoms with Crippen LogP contribution in [0.15, 0.2) is 226 Å². The van der Waals surface area contributed by atoms with E-state index >= 15 is 0 Å². The highest BCUT2D eigenvalue weighted by atomic mass is 16.3. The van der Waals surface area contributed by atoms with Crippen molar-refractivity contribution in [3.63, 3.8) is 0 Å². The zero-order valence-electron chi connectivity index (χ0n) is 36.7. The van der Waals surface area contributed by atoms with Gasteiger partial charge in [-0.05, 0) is 146 Å². The molecule has 0 N–H and O–H groups in total. The van der Waals surface area contributed by atoms with Crippen LogP contribution in [0.5, 0.6) is 0 Å². The monoisotopic (exact) mass is 885 g/mol. The van der Waals surface area contributed by atoms with Crippen LogP contribution in [0, 0.1) is 0 Å². The number of furan rings is 3. The summed E-state index contributed by atoms with van der Waals surface area (Å²) in [5.41, 5.74) is 9.10. The highest BCUT2D eigenvalue weighted by Gasteiger charge is 2.22. The molecule has 0 saturated heterocycles. The number of rotatable bonds is 6. The number of anilines is 6. The van der Waals surface area contributed by atoms with Crippen molar-refractivity contribution in [2.24, 2.45) is 0 Å². The summed E-state index contributed by atoms with van der Waals surface area (Å²) in [5, 5.41) is 15.4. The highest BCUT2D eigenvalue weighted by Crippen LogP contribution is 2.44. The molecule has 0 aliphatic rings. The van der Waals surface area contributed by atoms with E-state index in [1.165, 1.54) is 26.9 Å². The third kappa shape index (κ3) is 5.99. The maximum Gasteiger partial charge on any atom is 0.227 e. The summed E-state index contributed by atoms with van der Waals surface area (Å²) in [4.78, 5) is 18.4. The number of fused-ring (bicyclic) bond motifs is 13. The van der Waals surface area contributed by atoms with Crippen LogP contribution >= 0.6 is 0 Å². The molecule has 0 atom stereocenters. The second kappa shape index (κ2) is 14.5. The van der Waals surface area contributed by atoms with Crippen molar-refractivity contribution in [3.8, 4) is 0 Å². The van der Waals surface area contributed by atoms with Gasteiger partial charge in [-0.2, -0.15) is 0 Å². The van der Waals surface area contributed by atoms with Crippen LogP contribution in [0.2, 0.25) is 0 Å². The van der Waals surface area contributed by atoms with E-state index in [0.717, 1.165) is 105 Å². The Bertz CT molecular complexity index is 4320. The third-order valence-corrected chi connectivity index (χ3v) is 13.7. The molecule has 6 heterocycles. The molecule has 0 radical (unpaired) electrons. The number of hydrogen-bond donors (Lipinski definition) is 0. The van der Waals surface area contributed by atoms with E-state index < -0.39 is 0 Å². The molecule has 0 amide bonds. The summed E-state index contributed by atoms with van der Waals surface area (Å²) in [7, 11) is 0. The molecule has 6 aromatic heterocycles. The third-order valence-electron chi connectivity index (χ3n) is 13.7. The van der Waals surface area contributed by atoms with Crippen molar-refractivity contribution in [3.05, 3.63) is 213 Å². The van der Waals surface area contributed by atoms with E-state index in [4.69, 9.17) is 18.2 Å². The molecule has 322 valence electrons. The van der Waals surface area contributed by atoms with Gasteiger partial charge in [0, 0.05) is 97.9 Å². The van der Waals surface area contributed by atoms with Crippen molar-refractivity contribution >= 4 is 143 Å². The average molecular weight is 886 g/mol. The predicted molar refractivity (Wildman–Crippen MR) is 281 cm³/mol. The molecule has 69 heavy (non-hydrogen) atoms. The molecule has 0 bridgehead atoms. The molecule has 0 unspecified atom stereocenters. The van der Waals surface area contributed by atoms with Gasteiger partial charge < -0.3 is 18.2 Å². The molecule has 0 saturated carbocycles. The minimum atomic E-state index is 0.617. The molecule has 0 spiro atoms. The Labute approximate surface area is 392 Å². The van der Waals surface area contributed by atoms with Gasteiger partial charge in [-0.25, -0.2) is 9.97 Å². The average Bonchev–Trinajstić information content (AvgIpc) is 4.08. The van der Waals surface area contributed by atoms with Crippen LogP contribution in [-0.2, 0) is 0 Å². The topological polar surface area (TPSA) is 84.6 Å². The second-order valence-electron chi connectivity index (χ2n) is 17.7. The number of nitrogens with zero attached hydrogens (tertiary/aromatic N) is 5. The van der Waals surface area contributed by atoms with Crippen molar-refractivity contribution < 1.29 is 13.3 Å². The first-order chi connectivity index (χ1) is 34.1. The number of hydrogen-bond acceptors (Lipinski definition) is 8. The zero-order valence-corrected chi connectivity index (χ0v) is 36.7. The number of pyridine rings is 3. The molecule has 8 nitrogen and oxygen atoms in total. The van der Waals surface area contributed by atoms with Crippen molar-refractivity contribution in [1.82, 2.24) is 15.0 Å². The first-order valence-corrected chi connectivity index (χ1v) is 22.9. The van der Waals surface area contributed by atoms with Gasteiger partial charge in [0.25, 0.3) is 0 Å². The summed E-state index contributed by atoms with van der Waals surface area (Å²) < 4.78 is 19.6. The Balaban J connectivity index is 0.887. The van der Waals surface area contributed by atoms with E-state index in [-0.39, 0.29) is 0 Å². The first kappa shape index (κ1) is 37.7. The van der Waals surface area contributed by atoms with Crippen molar-refractivity contribution in [2.45, 2.75) is 0 Å². The highest BCUT2D eigenvalue weighted by molar-refractivity contribution is 6.10. The van der Waals surface area contributed by atoms with Gasteiger partial charge in [0.1, 0.15) is 28.1 Å². The smallest absolute Gasteiger partial charge is 0.227 e. The van der Waals surface area contributed by atoms with Gasteiger partial charge in [-0.15, -0.1) is 0 Å². The minimum absolute atomic E-state index is 0.617. The van der Waals surface area contributed by atoms with Crippen LogP contribution in [0.25, 0.3) is 109 Å². The van der Waals surface area contributed by atoms with E-state index in [1.54, 1.807) is 18.6 Å². The molecule has 0 aliphatic heterocycles. The summed E-state index contributed by atoms with van der Waals surface area (Å²) in [6, 6.07) is 66.4. The minimum Gasteiger partial charge on any atom is -0.456 e. The van der Waals surface area contributed by atoms with Gasteiger partial charge in [0.15, 0.2) is 5.58 Å². The van der Waals surface area contributed by atoms with Crippen LogP contribution < -0.4 is 9.80 Å². The van der Waals surface area contributed by atoms with Crippen molar-refractivity contribution in [2.75, 3.05) is 9.80 Å². The maximum atomic E-state index is 6.89. The quantitative estimate of drug-likeness (QED) is 0.153. The molecule has 0 fully saturated rings. The summed E-state index contributed by atoms with van der Waals surface area (Å²) in [6.07, 6.45) is 7.26. The SMILES string of the molecule is c1ccc2cc3cc(N(c4ccc5c(c4)oc4cc(N(c6ccc7cc8ccccc8cc7c6)c6ccc7c(c6)oc6cnccc67)ncc45)c4ccc5c(c4)oc4ncccc45)ccc3cc2c1. The van der Waals surface area contributed by atoms with Gasteiger partial charge in [-0.3, -0.25) is 9.88 Å². The van der Waals surface area contributed by atoms with E-state index in [1.807, 2.05) is 24.4 Å². The van der Waals surface area contributed by atoms with Gasteiger partial charge >= 0.3 is 0 Å². The fourth-order valence-electron chi connectivity index (χ4n) is 10.4. The predicted octanol–water partition coefficient (Wildman–Crippen LogP) is 17.1. The van der Waals surface area contributed by atoms with E-state index in [9.17, 15) is 0 Å². The Morgan fingerprint density at radius 1 is 0.290 bits per heavy atom. The number of benzene rings is 9. The lowest BCUT2D eigenvalue weighted by molar-refractivity contribution is 0.654. The Kier molecular flexibility index (Phi) is 7.91. The normalized spacial score (nSPS) is 12.1. The molecule has 15 rings (SSSR count). The maximum absolute atomic E-state index is 6.89. The fourth-order valence-corrected chi connectivity index (χ4v) is 10.4. The Morgan fingerprint density at radius 3 is 1.42 bits per heavy atom. The second-order valence-corrected chi connectivity index (χ2v) is 17.7. The lowest BCUT2D eigenvalue weighted by atomic mass is 10.0. The Morgan fingerprint density at radius 2 is 0.768 bits per heavy atom. The van der Waals surface area contributed by atoms with Crippen molar-refractivity contribution in [1.29, 1.82) is 0 Å². The van der Waals surface area contributed by atoms with Crippen LogP contribution in [0.3, 0.4) is 0 Å². The molecular weight excluding hydrogens is 851 g/mol. The van der Waals surface area contributed by atoms with Crippen LogP contribution in [0.1, 0.15) is 0 Å². The largest absolute Gasteiger partial charge is 0.456 e. The lowest BCUT2D eigenvalue weighted by Gasteiger charge is -2.26. The van der Waals surface area contributed by atoms with Gasteiger partial charge in [0.05, 0.1) is 11.9 Å². The molecule has 0 aliphatic carbocycles. The lowest BCUT2D eigenvalue weighted by Crippen LogP contribution is -2.11. The fraction of sp³-hybridized carbons (Fsp3) is 0. The first-order valence-electron chi connectivity index (χ1n) is 22.9. The molecular formula is C61H35N5O3. The molecule has 15 aromatic rings. The van der Waals surface area contributed by atoms with E-state index in [2.05, 4.69) is 190 Å². The van der Waals surface area contributed by atoms with Crippen LogP contribution in [-0.4, -0.2) is 15.0 Å². The van der Waals surface area contributed by atoms with Gasteiger partial charge in [0.2, 0.25) is 5.71 Å². The van der Waals surface area contributed by atoms with Gasteiger partial charge in [-0.1, -0.05) is 60.7 Å². The molecule has 8 heteroatoms. The Hall–Kier alpha value is -9.53. The molecule has 9 aromatic carbocycles. The zero-order chi connectivity index (χ0) is 45.2. The van der Waals surface area contributed by atoms with E-state index in [0.29, 0.717) is 11.5 Å². The van der Waals surface area contributed by atoms with Crippen LogP contribution in [0.4, 0.5) is 34.3 Å². The number of aromatic nitrogens is 3. The summed E-state index contributed by atoms with van der Waals surface area (Å²) in [5.74, 6) is 0.706.